The van der Waals surface area contributed by atoms with Crippen molar-refractivity contribution in [3.05, 3.63) is 0 Å². The van der Waals surface area contributed by atoms with Gasteiger partial charge in [-0.2, -0.15) is 0 Å². The summed E-state index contributed by atoms with van der Waals surface area (Å²) < 4.78 is 4.78. The van der Waals surface area contributed by atoms with Crippen LogP contribution in [0.4, 0.5) is 0 Å². The highest BCUT2D eigenvalue weighted by molar-refractivity contribution is 5.65. The van der Waals surface area contributed by atoms with Gasteiger partial charge in [0.15, 0.2) is 0 Å². The second-order valence-electron chi connectivity index (χ2n) is 4.62. The van der Waals surface area contributed by atoms with Crippen LogP contribution in [0, 0.1) is 0 Å². The molecule has 116 valence electrons. The van der Waals surface area contributed by atoms with Gasteiger partial charge in [0.05, 0.1) is 6.61 Å². The predicted octanol–water partition coefficient (Wildman–Crippen LogP) is 3.05. The number of ether oxygens (including phenoxy) is 1. The Morgan fingerprint density at radius 1 is 0.842 bits per heavy atom. The fourth-order valence-electron chi connectivity index (χ4n) is 1.50. The first-order valence-corrected chi connectivity index (χ1v) is 7.54. The van der Waals surface area contributed by atoms with Crippen LogP contribution in [0.1, 0.15) is 71.6 Å². The summed E-state index contributed by atoms with van der Waals surface area (Å²) in [5, 5.41) is 16.6. The van der Waals surface area contributed by atoms with Crippen LogP contribution in [0.25, 0.3) is 0 Å². The molecule has 4 nitrogen and oxygen atoms in total. The second kappa shape index (κ2) is 19.7. The normalized spacial score (nSPS) is 9.68. The van der Waals surface area contributed by atoms with E-state index in [1.165, 1.54) is 32.6 Å². The summed E-state index contributed by atoms with van der Waals surface area (Å²) in [6, 6.07) is 0. The maximum atomic E-state index is 10.3. The number of esters is 1. The molecule has 0 saturated carbocycles. The summed E-state index contributed by atoms with van der Waals surface area (Å²) in [6.07, 6.45) is 9.83. The Balaban J connectivity index is 0. The highest BCUT2D eigenvalue weighted by atomic mass is 16.5. The molecule has 19 heavy (non-hydrogen) atoms. The molecule has 0 aromatic rings. The number of hydrogen-bond acceptors (Lipinski definition) is 4. The van der Waals surface area contributed by atoms with Crippen LogP contribution in [0.15, 0.2) is 0 Å². The number of carbonyl (C=O) groups is 1. The fraction of sp³-hybridized carbons (Fsp3) is 0.933. The summed E-state index contributed by atoms with van der Waals surface area (Å²) in [4.78, 5) is 10.3. The molecule has 0 heterocycles. The van der Waals surface area contributed by atoms with Gasteiger partial charge < -0.3 is 14.9 Å². The number of carbonyl (C=O) groups excluding carboxylic acids is 1. The molecule has 0 rings (SSSR count). The molecular weight excluding hydrogens is 244 g/mol. The topological polar surface area (TPSA) is 66.8 Å². The Kier molecular flexibility index (Phi) is 21.5. The first-order chi connectivity index (χ1) is 9.18. The Morgan fingerprint density at radius 2 is 1.32 bits per heavy atom. The minimum absolute atomic E-state index is 0.166. The van der Waals surface area contributed by atoms with Gasteiger partial charge in [-0.15, -0.1) is 0 Å². The van der Waals surface area contributed by atoms with Crippen molar-refractivity contribution in [3.63, 3.8) is 0 Å². The van der Waals surface area contributed by atoms with E-state index < -0.39 is 0 Å². The van der Waals surface area contributed by atoms with Crippen LogP contribution in [0.2, 0.25) is 0 Å². The maximum Gasteiger partial charge on any atom is 0.302 e. The molecule has 0 saturated heterocycles. The van der Waals surface area contributed by atoms with Crippen molar-refractivity contribution < 1.29 is 19.7 Å². The molecule has 0 atom stereocenters. The van der Waals surface area contributed by atoms with Crippen LogP contribution in [0.3, 0.4) is 0 Å². The van der Waals surface area contributed by atoms with Gasteiger partial charge in [0.1, 0.15) is 0 Å². The molecule has 0 amide bonds. The Morgan fingerprint density at radius 3 is 1.74 bits per heavy atom. The number of hydrogen-bond donors (Lipinski definition) is 2. The predicted molar refractivity (Wildman–Crippen MR) is 78.0 cm³/mol. The summed E-state index contributed by atoms with van der Waals surface area (Å²) >= 11 is 0. The number of aliphatic hydroxyl groups is 2. The zero-order chi connectivity index (χ0) is 14.8. The van der Waals surface area contributed by atoms with Gasteiger partial charge in [0, 0.05) is 20.1 Å². The van der Waals surface area contributed by atoms with Crippen LogP contribution in [0.5, 0.6) is 0 Å². The van der Waals surface area contributed by atoms with Crippen molar-refractivity contribution in [3.8, 4) is 0 Å². The van der Waals surface area contributed by atoms with Gasteiger partial charge in [-0.3, -0.25) is 4.79 Å². The Labute approximate surface area is 118 Å². The van der Waals surface area contributed by atoms with Crippen LogP contribution < -0.4 is 0 Å². The molecule has 0 aromatic carbocycles. The lowest BCUT2D eigenvalue weighted by Gasteiger charge is -2.00. The Hall–Kier alpha value is -0.610. The van der Waals surface area contributed by atoms with Crippen molar-refractivity contribution in [1.82, 2.24) is 0 Å². The van der Waals surface area contributed by atoms with E-state index >= 15 is 0 Å². The fourth-order valence-corrected chi connectivity index (χ4v) is 1.50. The zero-order valence-corrected chi connectivity index (χ0v) is 12.7. The average Bonchev–Trinajstić information content (AvgIpc) is 2.39. The van der Waals surface area contributed by atoms with Gasteiger partial charge in [0.2, 0.25) is 0 Å². The van der Waals surface area contributed by atoms with E-state index in [9.17, 15) is 4.79 Å². The molecule has 0 spiro atoms. The average molecular weight is 276 g/mol. The van der Waals surface area contributed by atoms with E-state index in [-0.39, 0.29) is 19.2 Å². The summed E-state index contributed by atoms with van der Waals surface area (Å²) in [6.45, 7) is 4.80. The van der Waals surface area contributed by atoms with E-state index in [1.807, 2.05) is 0 Å². The van der Waals surface area contributed by atoms with Gasteiger partial charge in [-0.25, -0.2) is 0 Å². The van der Waals surface area contributed by atoms with E-state index in [1.54, 1.807) is 0 Å². The second-order valence-corrected chi connectivity index (χ2v) is 4.62. The molecule has 2 N–H and O–H groups in total. The van der Waals surface area contributed by atoms with E-state index in [4.69, 9.17) is 14.9 Å². The molecule has 0 aliphatic heterocycles. The SMILES string of the molecule is CCCCCCCOC(C)=O.OCCCCCCO. The lowest BCUT2D eigenvalue weighted by atomic mass is 10.2. The van der Waals surface area contributed by atoms with E-state index in [0.717, 1.165) is 32.1 Å². The summed E-state index contributed by atoms with van der Waals surface area (Å²) in [5.41, 5.74) is 0. The number of unbranched alkanes of at least 4 members (excludes halogenated alkanes) is 7. The van der Waals surface area contributed by atoms with Crippen molar-refractivity contribution in [2.45, 2.75) is 71.6 Å². The minimum Gasteiger partial charge on any atom is -0.466 e. The first-order valence-electron chi connectivity index (χ1n) is 7.54. The highest BCUT2D eigenvalue weighted by Crippen LogP contribution is 2.02. The molecule has 0 aliphatic rings. The monoisotopic (exact) mass is 276 g/mol. The number of aliphatic hydroxyl groups excluding tert-OH is 2. The first kappa shape index (κ1) is 20.7. The molecular formula is C15H32O4. The Bertz CT molecular complexity index is 166. The maximum absolute atomic E-state index is 10.3. The summed E-state index contributed by atoms with van der Waals surface area (Å²) in [7, 11) is 0. The van der Waals surface area contributed by atoms with Crippen molar-refractivity contribution >= 4 is 5.97 Å². The van der Waals surface area contributed by atoms with E-state index in [2.05, 4.69) is 6.92 Å². The lowest BCUT2D eigenvalue weighted by molar-refractivity contribution is -0.141. The quantitative estimate of drug-likeness (QED) is 0.449. The lowest BCUT2D eigenvalue weighted by Crippen LogP contribution is -1.99. The number of rotatable bonds is 11. The molecule has 0 aromatic heterocycles. The standard InChI is InChI=1S/C9H18O2.C6H14O2/c1-3-4-5-6-7-8-11-9(2)10;7-5-3-1-2-4-6-8/h3-8H2,1-2H3;7-8H,1-6H2. The molecule has 0 aliphatic carbocycles. The van der Waals surface area contributed by atoms with Crippen molar-refractivity contribution in [2.24, 2.45) is 0 Å². The minimum atomic E-state index is -0.166. The van der Waals surface area contributed by atoms with Gasteiger partial charge in [-0.05, 0) is 19.3 Å². The van der Waals surface area contributed by atoms with Gasteiger partial charge in [0.25, 0.3) is 0 Å². The molecule has 0 bridgehead atoms. The molecule has 0 radical (unpaired) electrons. The van der Waals surface area contributed by atoms with Crippen LogP contribution in [-0.4, -0.2) is 36.0 Å². The molecule has 0 fully saturated rings. The third-order valence-electron chi connectivity index (χ3n) is 2.62. The zero-order valence-electron chi connectivity index (χ0n) is 12.7. The third-order valence-corrected chi connectivity index (χ3v) is 2.62. The van der Waals surface area contributed by atoms with Crippen LogP contribution >= 0.6 is 0 Å². The van der Waals surface area contributed by atoms with Crippen LogP contribution in [-0.2, 0) is 9.53 Å². The van der Waals surface area contributed by atoms with E-state index in [0.29, 0.717) is 6.61 Å². The van der Waals surface area contributed by atoms with Gasteiger partial charge >= 0.3 is 5.97 Å². The van der Waals surface area contributed by atoms with Crippen molar-refractivity contribution in [1.29, 1.82) is 0 Å². The largest absolute Gasteiger partial charge is 0.466 e. The molecule has 0 unspecified atom stereocenters. The third kappa shape index (κ3) is 26.8. The molecule has 4 heteroatoms. The van der Waals surface area contributed by atoms with Crippen molar-refractivity contribution in [2.75, 3.05) is 19.8 Å². The van der Waals surface area contributed by atoms with Gasteiger partial charge in [-0.1, -0.05) is 45.4 Å². The highest BCUT2D eigenvalue weighted by Gasteiger charge is 1.92. The summed E-state index contributed by atoms with van der Waals surface area (Å²) in [5.74, 6) is -0.166. The smallest absolute Gasteiger partial charge is 0.302 e.